The maximum absolute atomic E-state index is 12.6. The highest BCUT2D eigenvalue weighted by atomic mass is 16.5. The van der Waals surface area contributed by atoms with Crippen LogP contribution in [0.1, 0.15) is 41.8 Å². The van der Waals surface area contributed by atoms with Gasteiger partial charge in [-0.2, -0.15) is 0 Å². The topological polar surface area (TPSA) is 55.8 Å². The first kappa shape index (κ1) is 19.6. The lowest BCUT2D eigenvalue weighted by Gasteiger charge is -2.13. The molecule has 2 aromatic carbocycles. The molecule has 2 rings (SSSR count). The Morgan fingerprint density at radius 3 is 2.31 bits per heavy atom. The van der Waals surface area contributed by atoms with E-state index in [1.807, 2.05) is 44.2 Å². The molecule has 2 aromatic rings. The summed E-state index contributed by atoms with van der Waals surface area (Å²) in [6, 6.07) is 11.0. The Morgan fingerprint density at radius 2 is 1.73 bits per heavy atom. The van der Waals surface area contributed by atoms with Crippen LogP contribution in [-0.2, 0) is 12.8 Å². The molecule has 0 aliphatic heterocycles. The summed E-state index contributed by atoms with van der Waals surface area (Å²) in [5.41, 5.74) is 3.18. The van der Waals surface area contributed by atoms with Crippen molar-refractivity contribution in [1.82, 2.24) is 0 Å². The number of allylic oxidation sites excluding steroid dienone is 2. The first-order valence-corrected chi connectivity index (χ1v) is 8.64. The molecule has 0 radical (unpaired) electrons. The van der Waals surface area contributed by atoms with Gasteiger partial charge in [-0.1, -0.05) is 23.8 Å². The van der Waals surface area contributed by atoms with Crippen molar-refractivity contribution in [2.45, 2.75) is 33.1 Å². The number of hydrogen-bond acceptors (Lipinski definition) is 4. The van der Waals surface area contributed by atoms with Crippen LogP contribution in [0.4, 0.5) is 0 Å². The van der Waals surface area contributed by atoms with Crippen LogP contribution in [0.15, 0.2) is 48.0 Å². The second kappa shape index (κ2) is 9.09. The number of benzene rings is 2. The van der Waals surface area contributed by atoms with Crippen molar-refractivity contribution in [3.63, 3.8) is 0 Å². The number of hydrogen-bond donors (Lipinski definition) is 1. The van der Waals surface area contributed by atoms with E-state index >= 15 is 0 Å². The summed E-state index contributed by atoms with van der Waals surface area (Å²) in [5.74, 6) is 1.31. The van der Waals surface area contributed by atoms with Gasteiger partial charge in [-0.3, -0.25) is 4.79 Å². The van der Waals surface area contributed by atoms with Crippen LogP contribution >= 0.6 is 0 Å². The van der Waals surface area contributed by atoms with Crippen LogP contribution in [0, 0.1) is 0 Å². The van der Waals surface area contributed by atoms with Crippen molar-refractivity contribution >= 4 is 5.78 Å². The fourth-order valence-electron chi connectivity index (χ4n) is 2.72. The van der Waals surface area contributed by atoms with Crippen molar-refractivity contribution in [3.05, 3.63) is 64.7 Å². The number of carbonyl (C=O) groups is 1. The largest absolute Gasteiger partial charge is 0.507 e. The molecule has 0 bridgehead atoms. The predicted molar refractivity (Wildman–Crippen MR) is 103 cm³/mol. The molecule has 0 spiro atoms. The average Bonchev–Trinajstić information content (AvgIpc) is 2.65. The zero-order valence-corrected chi connectivity index (χ0v) is 15.8. The number of ketones is 1. The number of aryl methyl sites for hydroxylation is 1. The lowest BCUT2D eigenvalue weighted by atomic mass is 9.97. The van der Waals surface area contributed by atoms with Gasteiger partial charge < -0.3 is 14.6 Å². The molecule has 0 heterocycles. The molecule has 0 fully saturated rings. The fourth-order valence-corrected chi connectivity index (χ4v) is 2.72. The van der Waals surface area contributed by atoms with E-state index in [4.69, 9.17) is 9.47 Å². The minimum absolute atomic E-state index is 0.0154. The van der Waals surface area contributed by atoms with Gasteiger partial charge in [-0.15, -0.1) is 0 Å². The quantitative estimate of drug-likeness (QED) is 0.550. The van der Waals surface area contributed by atoms with E-state index < -0.39 is 0 Å². The Morgan fingerprint density at radius 1 is 1.04 bits per heavy atom. The molecule has 26 heavy (non-hydrogen) atoms. The summed E-state index contributed by atoms with van der Waals surface area (Å²) in [7, 11) is 3.18. The number of ether oxygens (including phenoxy) is 2. The van der Waals surface area contributed by atoms with E-state index in [2.05, 4.69) is 0 Å². The third kappa shape index (κ3) is 4.88. The van der Waals surface area contributed by atoms with Crippen LogP contribution in [-0.4, -0.2) is 25.1 Å². The van der Waals surface area contributed by atoms with Crippen LogP contribution in [0.5, 0.6) is 17.2 Å². The molecule has 0 saturated heterocycles. The summed E-state index contributed by atoms with van der Waals surface area (Å²) in [4.78, 5) is 12.6. The van der Waals surface area contributed by atoms with Crippen molar-refractivity contribution < 1.29 is 19.4 Å². The number of methoxy groups -OCH3 is 2. The van der Waals surface area contributed by atoms with Gasteiger partial charge in [-0.05, 0) is 56.5 Å². The molecule has 4 nitrogen and oxygen atoms in total. The normalized spacial score (nSPS) is 10.3. The van der Waals surface area contributed by atoms with E-state index in [1.165, 1.54) is 0 Å². The van der Waals surface area contributed by atoms with Crippen LogP contribution < -0.4 is 9.47 Å². The highest BCUT2D eigenvalue weighted by Gasteiger charge is 2.17. The van der Waals surface area contributed by atoms with Crippen LogP contribution in [0.2, 0.25) is 0 Å². The third-order valence-electron chi connectivity index (χ3n) is 4.27. The minimum atomic E-state index is -0.0839. The highest BCUT2D eigenvalue weighted by Crippen LogP contribution is 2.33. The predicted octanol–water partition coefficient (Wildman–Crippen LogP) is 4.73. The van der Waals surface area contributed by atoms with Crippen molar-refractivity contribution in [2.75, 3.05) is 14.2 Å². The summed E-state index contributed by atoms with van der Waals surface area (Å²) in [5, 5.41) is 10.6. The number of Topliss-reactive ketones (excluding diaryl/α,β-unsaturated/α-hetero) is 1. The van der Waals surface area contributed by atoms with Gasteiger partial charge in [0.2, 0.25) is 0 Å². The summed E-state index contributed by atoms with van der Waals surface area (Å²) in [6.45, 7) is 3.99. The second-order valence-corrected chi connectivity index (χ2v) is 6.40. The SMILES string of the molecule is COc1ccc(CCC(=O)c2ccc(OC)c(CC=C(C)C)c2O)cc1. The number of carbonyl (C=O) groups excluding carboxylic acids is 1. The Hall–Kier alpha value is -2.75. The van der Waals surface area contributed by atoms with Gasteiger partial charge in [0.05, 0.1) is 19.8 Å². The first-order valence-electron chi connectivity index (χ1n) is 8.64. The van der Waals surface area contributed by atoms with Gasteiger partial charge >= 0.3 is 0 Å². The van der Waals surface area contributed by atoms with Crippen LogP contribution in [0.25, 0.3) is 0 Å². The molecule has 0 unspecified atom stereocenters. The Labute approximate surface area is 155 Å². The van der Waals surface area contributed by atoms with Crippen molar-refractivity contribution in [3.8, 4) is 17.2 Å². The zero-order chi connectivity index (χ0) is 19.1. The molecule has 0 amide bonds. The molecule has 4 heteroatoms. The minimum Gasteiger partial charge on any atom is -0.507 e. The third-order valence-corrected chi connectivity index (χ3v) is 4.27. The van der Waals surface area contributed by atoms with E-state index in [9.17, 15) is 9.90 Å². The van der Waals surface area contributed by atoms with Gasteiger partial charge in [0.1, 0.15) is 17.2 Å². The first-order chi connectivity index (χ1) is 12.5. The lowest BCUT2D eigenvalue weighted by molar-refractivity contribution is 0.0980. The van der Waals surface area contributed by atoms with Gasteiger partial charge in [0, 0.05) is 12.0 Å². The standard InChI is InChI=1S/C22H26O4/c1-15(2)5-11-19-21(26-4)14-12-18(22(19)24)20(23)13-8-16-6-9-17(25-3)10-7-16/h5-7,9-10,12,14,24H,8,11,13H2,1-4H3. The number of aromatic hydroxyl groups is 1. The van der Waals surface area contributed by atoms with Gasteiger partial charge in [0.15, 0.2) is 5.78 Å². The molecule has 0 aliphatic carbocycles. The number of rotatable bonds is 8. The maximum Gasteiger partial charge on any atom is 0.166 e. The molecule has 0 aromatic heterocycles. The molecule has 138 valence electrons. The Kier molecular flexibility index (Phi) is 6.84. The monoisotopic (exact) mass is 354 g/mol. The summed E-state index contributed by atoms with van der Waals surface area (Å²) >= 11 is 0. The van der Waals surface area contributed by atoms with Crippen molar-refractivity contribution in [1.29, 1.82) is 0 Å². The highest BCUT2D eigenvalue weighted by molar-refractivity contribution is 5.99. The molecule has 1 N–H and O–H groups in total. The van der Waals surface area contributed by atoms with Gasteiger partial charge in [0.25, 0.3) is 0 Å². The summed E-state index contributed by atoms with van der Waals surface area (Å²) < 4.78 is 10.5. The average molecular weight is 354 g/mol. The molecule has 0 aliphatic rings. The number of phenols is 1. The summed E-state index contributed by atoms with van der Waals surface area (Å²) in [6.07, 6.45) is 3.46. The zero-order valence-electron chi connectivity index (χ0n) is 15.8. The second-order valence-electron chi connectivity index (χ2n) is 6.40. The molecule has 0 saturated carbocycles. The van der Waals surface area contributed by atoms with Crippen LogP contribution in [0.3, 0.4) is 0 Å². The lowest BCUT2D eigenvalue weighted by Crippen LogP contribution is -2.04. The molecular weight excluding hydrogens is 328 g/mol. The maximum atomic E-state index is 12.6. The number of phenolic OH excluding ortho intramolecular Hbond substituents is 1. The van der Waals surface area contributed by atoms with E-state index in [-0.39, 0.29) is 11.5 Å². The Balaban J connectivity index is 2.16. The van der Waals surface area contributed by atoms with E-state index in [0.29, 0.717) is 36.1 Å². The van der Waals surface area contributed by atoms with Crippen molar-refractivity contribution in [2.24, 2.45) is 0 Å². The smallest absolute Gasteiger partial charge is 0.166 e. The Bertz CT molecular complexity index is 785. The molecular formula is C22H26O4. The van der Waals surface area contributed by atoms with E-state index in [1.54, 1.807) is 26.4 Å². The fraction of sp³-hybridized carbons (Fsp3) is 0.318. The van der Waals surface area contributed by atoms with Gasteiger partial charge in [-0.25, -0.2) is 0 Å². The van der Waals surface area contributed by atoms with E-state index in [0.717, 1.165) is 16.9 Å². The molecule has 0 atom stereocenters.